The summed E-state index contributed by atoms with van der Waals surface area (Å²) in [5.41, 5.74) is 2.33. The second-order valence-corrected chi connectivity index (χ2v) is 3.24. The van der Waals surface area contributed by atoms with E-state index in [0.29, 0.717) is 13.1 Å². The average Bonchev–Trinajstić information content (AvgIpc) is 2.27. The van der Waals surface area contributed by atoms with Gasteiger partial charge in [0.15, 0.2) is 0 Å². The minimum Gasteiger partial charge on any atom is -0.724 e. The molecule has 0 bridgehead atoms. The maximum Gasteiger partial charge on any atom is 1.00 e. The molecule has 0 N–H and O–H groups in total. The second-order valence-electron chi connectivity index (χ2n) is 3.24. The molecule has 6 heteroatoms. The quantitative estimate of drug-likeness (QED) is 0.340. The molecular weight excluding hydrogens is 205 g/mol. The van der Waals surface area contributed by atoms with Gasteiger partial charge in [0.05, 0.1) is 5.29 Å². The zero-order chi connectivity index (χ0) is 9.97. The number of hydrogen-bond donors (Lipinski definition) is 0. The number of rotatable bonds is 2. The normalized spacial score (nSPS) is 15.0. The van der Waals surface area contributed by atoms with E-state index < -0.39 is 0 Å². The minimum atomic E-state index is 0. The smallest absolute Gasteiger partial charge is 0.724 e. The Labute approximate surface area is 110 Å². The monoisotopic (exact) mass is 215 g/mol. The van der Waals surface area contributed by atoms with Crippen molar-refractivity contribution >= 4 is 0 Å². The Balaban J connectivity index is 0.00000112. The Kier molecular flexibility index (Phi) is 4.69. The molecule has 1 aliphatic heterocycles. The van der Waals surface area contributed by atoms with E-state index >= 15 is 0 Å². The second kappa shape index (κ2) is 5.58. The molecule has 0 saturated carbocycles. The van der Waals surface area contributed by atoms with E-state index in [0.717, 1.165) is 12.0 Å². The summed E-state index contributed by atoms with van der Waals surface area (Å²) in [6.07, 6.45) is 0.782. The van der Waals surface area contributed by atoms with Crippen molar-refractivity contribution in [2.24, 2.45) is 5.29 Å². The first-order chi connectivity index (χ1) is 6.81. The molecule has 0 unspecified atom stereocenters. The summed E-state index contributed by atoms with van der Waals surface area (Å²) in [6, 6.07) is 7.89. The van der Waals surface area contributed by atoms with Crippen LogP contribution in [0, 0.1) is 10.1 Å². The van der Waals surface area contributed by atoms with Gasteiger partial charge in [-0.25, -0.2) is 5.01 Å². The van der Waals surface area contributed by atoms with Crippen molar-refractivity contribution in [1.82, 2.24) is 10.3 Å². The molecule has 1 aromatic carbocycles. The molecule has 0 spiro atoms. The molecule has 74 valence electrons. The fourth-order valence-electron chi connectivity index (χ4n) is 1.68. The molecular formula is C9H10N3NaO2. The van der Waals surface area contributed by atoms with Gasteiger partial charge in [0.25, 0.3) is 0 Å². The zero-order valence-electron chi connectivity index (χ0n) is 8.59. The van der Waals surface area contributed by atoms with Crippen LogP contribution in [0.2, 0.25) is 0 Å². The van der Waals surface area contributed by atoms with E-state index in [2.05, 4.69) is 5.29 Å². The zero-order valence-corrected chi connectivity index (χ0v) is 10.6. The Bertz CT molecular complexity index is 348. The summed E-state index contributed by atoms with van der Waals surface area (Å²) in [5, 5.41) is 14.8. The van der Waals surface area contributed by atoms with Gasteiger partial charge >= 0.3 is 29.6 Å². The van der Waals surface area contributed by atoms with Gasteiger partial charge in [0.2, 0.25) is 0 Å². The van der Waals surface area contributed by atoms with Crippen LogP contribution in [-0.2, 0) is 13.0 Å². The van der Waals surface area contributed by atoms with Gasteiger partial charge in [0.1, 0.15) is 0 Å². The van der Waals surface area contributed by atoms with Gasteiger partial charge in [-0.2, -0.15) is 0 Å². The van der Waals surface area contributed by atoms with Gasteiger partial charge in [-0.15, -0.1) is 4.91 Å². The van der Waals surface area contributed by atoms with Gasteiger partial charge in [-0.3, -0.25) is 5.28 Å². The maximum atomic E-state index is 10.9. The first-order valence-corrected chi connectivity index (χ1v) is 4.43. The van der Waals surface area contributed by atoms with Crippen LogP contribution >= 0.6 is 0 Å². The van der Waals surface area contributed by atoms with Crippen LogP contribution in [0.25, 0.3) is 0 Å². The minimum absolute atomic E-state index is 0. The van der Waals surface area contributed by atoms with Crippen LogP contribution in [0.5, 0.6) is 0 Å². The molecule has 0 amide bonds. The molecule has 0 aliphatic carbocycles. The van der Waals surface area contributed by atoms with E-state index in [1.165, 1.54) is 10.6 Å². The summed E-state index contributed by atoms with van der Waals surface area (Å²) in [4.78, 5) is 10.0. The number of nitrogens with zero attached hydrogens (tertiary/aromatic N) is 3. The van der Waals surface area contributed by atoms with E-state index in [9.17, 15) is 10.1 Å². The Morgan fingerprint density at radius 2 is 2.00 bits per heavy atom. The summed E-state index contributed by atoms with van der Waals surface area (Å²) < 4.78 is 0. The summed E-state index contributed by atoms with van der Waals surface area (Å²) >= 11 is 0. The van der Waals surface area contributed by atoms with Gasteiger partial charge in [-0.05, 0) is 17.5 Å². The number of hydrazine groups is 1. The molecule has 0 atom stereocenters. The Morgan fingerprint density at radius 3 is 2.67 bits per heavy atom. The third kappa shape index (κ3) is 2.76. The third-order valence-corrected chi connectivity index (χ3v) is 2.42. The van der Waals surface area contributed by atoms with Gasteiger partial charge in [-0.1, -0.05) is 24.3 Å². The van der Waals surface area contributed by atoms with E-state index in [1.807, 2.05) is 24.3 Å². The maximum absolute atomic E-state index is 10.9. The average molecular weight is 215 g/mol. The number of nitroso groups, excluding NO2 is 1. The summed E-state index contributed by atoms with van der Waals surface area (Å²) in [5.74, 6) is 0. The van der Waals surface area contributed by atoms with Crippen molar-refractivity contribution in [2.75, 3.05) is 6.54 Å². The molecule has 15 heavy (non-hydrogen) atoms. The molecule has 0 saturated heterocycles. The van der Waals surface area contributed by atoms with E-state index in [1.54, 1.807) is 0 Å². The number of hydrogen-bond acceptors (Lipinski definition) is 4. The predicted octanol–water partition coefficient (Wildman–Crippen LogP) is -1.56. The Hall–Kier alpha value is -0.460. The van der Waals surface area contributed by atoms with Crippen LogP contribution in [-0.4, -0.2) is 16.8 Å². The van der Waals surface area contributed by atoms with Crippen LogP contribution in [0.3, 0.4) is 0 Å². The van der Waals surface area contributed by atoms with Crippen LogP contribution < -0.4 is 29.6 Å². The van der Waals surface area contributed by atoms with Crippen LogP contribution in [0.4, 0.5) is 0 Å². The molecule has 1 heterocycles. The summed E-state index contributed by atoms with van der Waals surface area (Å²) in [7, 11) is 0. The summed E-state index contributed by atoms with van der Waals surface area (Å²) in [6.45, 7) is 1.01. The first kappa shape index (κ1) is 12.6. The fraction of sp³-hybridized carbons (Fsp3) is 0.333. The topological polar surface area (TPSA) is 59.0 Å². The van der Waals surface area contributed by atoms with Crippen LogP contribution in [0.15, 0.2) is 29.6 Å². The predicted molar refractivity (Wildman–Crippen MR) is 51.6 cm³/mol. The standard InChI is InChI=1S/C9H10N3O2.Na/c13-10-12(14)11-6-5-8-3-1-2-4-9(8)7-11;/h1-4H,5-7H2;/q-1;+1. The molecule has 1 aliphatic rings. The van der Waals surface area contributed by atoms with Crippen molar-refractivity contribution in [1.29, 1.82) is 0 Å². The van der Waals surface area contributed by atoms with Gasteiger partial charge < -0.3 is 5.21 Å². The SMILES string of the molecule is O=NN([O-])N1CCc2ccccc2C1.[Na+]. The van der Waals surface area contributed by atoms with Crippen molar-refractivity contribution in [3.8, 4) is 0 Å². The van der Waals surface area contributed by atoms with Crippen molar-refractivity contribution in [3.05, 3.63) is 45.5 Å². The van der Waals surface area contributed by atoms with Crippen molar-refractivity contribution < 1.29 is 29.6 Å². The molecule has 5 nitrogen and oxygen atoms in total. The number of benzene rings is 1. The van der Waals surface area contributed by atoms with E-state index in [-0.39, 0.29) is 34.8 Å². The molecule has 0 fully saturated rings. The molecule has 1 aromatic rings. The molecule has 0 radical (unpaired) electrons. The van der Waals surface area contributed by atoms with Crippen LogP contribution in [0.1, 0.15) is 11.1 Å². The van der Waals surface area contributed by atoms with E-state index in [4.69, 9.17) is 0 Å². The fourth-order valence-corrected chi connectivity index (χ4v) is 1.68. The third-order valence-electron chi connectivity index (χ3n) is 2.42. The van der Waals surface area contributed by atoms with Crippen molar-refractivity contribution in [3.63, 3.8) is 0 Å². The molecule has 0 aromatic heterocycles. The number of fused-ring (bicyclic) bond motifs is 1. The first-order valence-electron chi connectivity index (χ1n) is 4.43. The Morgan fingerprint density at radius 1 is 1.33 bits per heavy atom. The molecule has 2 rings (SSSR count). The van der Waals surface area contributed by atoms with Gasteiger partial charge in [0, 0.05) is 13.1 Å². The largest absolute Gasteiger partial charge is 1.00 e. The van der Waals surface area contributed by atoms with Crippen molar-refractivity contribution in [2.45, 2.75) is 13.0 Å².